The first-order chi connectivity index (χ1) is 23.3. The molecule has 0 atom stereocenters. The SMILES string of the molecule is c1ccc(-c2c3ccccc3c(-c3cccc4c3sc3cc(-c5ccc6ccc7ccccc7c6c5)ccc34)c3ccccc23)cc1. The van der Waals surface area contributed by atoms with Crippen LogP contribution in [0.2, 0.25) is 0 Å². The van der Waals surface area contributed by atoms with Crippen molar-refractivity contribution in [1.29, 1.82) is 0 Å². The molecule has 1 heterocycles. The van der Waals surface area contributed by atoms with Crippen LogP contribution in [-0.2, 0) is 0 Å². The summed E-state index contributed by atoms with van der Waals surface area (Å²) in [6, 6.07) is 62.6. The second-order valence-electron chi connectivity index (χ2n) is 12.4. The van der Waals surface area contributed by atoms with Crippen LogP contribution in [0.3, 0.4) is 0 Å². The van der Waals surface area contributed by atoms with Gasteiger partial charge in [0, 0.05) is 25.7 Å². The van der Waals surface area contributed by atoms with Gasteiger partial charge in [-0.05, 0) is 83.0 Å². The molecule has 10 rings (SSSR count). The Kier molecular flexibility index (Phi) is 5.85. The Bertz CT molecular complexity index is 2780. The zero-order chi connectivity index (χ0) is 30.9. The molecule has 0 unspecified atom stereocenters. The van der Waals surface area contributed by atoms with Crippen molar-refractivity contribution in [3.8, 4) is 33.4 Å². The van der Waals surface area contributed by atoms with Gasteiger partial charge in [-0.25, -0.2) is 0 Å². The second kappa shape index (κ2) is 10.4. The van der Waals surface area contributed by atoms with Crippen LogP contribution in [0, 0.1) is 0 Å². The van der Waals surface area contributed by atoms with E-state index in [9.17, 15) is 0 Å². The quantitative estimate of drug-likeness (QED) is 0.138. The number of fused-ring (bicyclic) bond motifs is 8. The topological polar surface area (TPSA) is 0 Å². The molecule has 10 aromatic rings. The van der Waals surface area contributed by atoms with Crippen LogP contribution in [0.1, 0.15) is 0 Å². The standard InChI is InChI=1S/C46H28S/c1-2-12-31(13-3-1)44-36-15-6-8-17-38(36)45(39-18-9-7-16-37(39)44)41-20-10-19-40-35-26-25-33(28-43(35)47-46(40)41)32-24-23-30-22-21-29-11-4-5-14-34(29)42(30)27-32/h1-28H. The Hall–Kier alpha value is -5.76. The molecule has 0 N–H and O–H groups in total. The fourth-order valence-electron chi connectivity index (χ4n) is 7.69. The predicted molar refractivity (Wildman–Crippen MR) is 206 cm³/mol. The third kappa shape index (κ3) is 4.07. The first-order valence-electron chi connectivity index (χ1n) is 16.2. The number of hydrogen-bond donors (Lipinski definition) is 0. The summed E-state index contributed by atoms with van der Waals surface area (Å²) in [7, 11) is 0. The van der Waals surface area contributed by atoms with E-state index in [0.717, 1.165) is 0 Å². The van der Waals surface area contributed by atoms with Crippen LogP contribution >= 0.6 is 11.3 Å². The molecular formula is C46H28S. The minimum absolute atomic E-state index is 1.25. The lowest BCUT2D eigenvalue weighted by molar-refractivity contribution is 1.67. The maximum Gasteiger partial charge on any atom is 0.0434 e. The molecule has 0 aliphatic rings. The predicted octanol–water partition coefficient (Wildman–Crippen LogP) is 13.7. The van der Waals surface area contributed by atoms with Crippen LogP contribution in [0.15, 0.2) is 170 Å². The fourth-order valence-corrected chi connectivity index (χ4v) is 8.95. The summed E-state index contributed by atoms with van der Waals surface area (Å²) in [4.78, 5) is 0. The lowest BCUT2D eigenvalue weighted by Gasteiger charge is -2.18. The number of thiophene rings is 1. The van der Waals surface area contributed by atoms with E-state index in [4.69, 9.17) is 0 Å². The summed E-state index contributed by atoms with van der Waals surface area (Å²) in [6.45, 7) is 0. The van der Waals surface area contributed by atoms with E-state index in [1.165, 1.54) is 96.6 Å². The van der Waals surface area contributed by atoms with Gasteiger partial charge < -0.3 is 0 Å². The van der Waals surface area contributed by atoms with Crippen LogP contribution in [0.5, 0.6) is 0 Å². The van der Waals surface area contributed by atoms with E-state index in [1.807, 2.05) is 11.3 Å². The highest BCUT2D eigenvalue weighted by atomic mass is 32.1. The van der Waals surface area contributed by atoms with E-state index in [1.54, 1.807) is 0 Å². The van der Waals surface area contributed by atoms with Gasteiger partial charge >= 0.3 is 0 Å². The van der Waals surface area contributed by atoms with Crippen LogP contribution in [0.4, 0.5) is 0 Å². The molecule has 0 saturated heterocycles. The highest BCUT2D eigenvalue weighted by Crippen LogP contribution is 2.48. The molecule has 0 bridgehead atoms. The molecule has 1 heteroatoms. The Labute approximate surface area is 276 Å². The molecule has 0 radical (unpaired) electrons. The van der Waals surface area contributed by atoms with Gasteiger partial charge in [-0.3, -0.25) is 0 Å². The molecule has 0 spiro atoms. The van der Waals surface area contributed by atoms with Gasteiger partial charge in [0.2, 0.25) is 0 Å². The van der Waals surface area contributed by atoms with Crippen molar-refractivity contribution in [1.82, 2.24) is 0 Å². The van der Waals surface area contributed by atoms with Gasteiger partial charge in [0.1, 0.15) is 0 Å². The average molecular weight is 613 g/mol. The van der Waals surface area contributed by atoms with E-state index in [-0.39, 0.29) is 0 Å². The van der Waals surface area contributed by atoms with Crippen LogP contribution < -0.4 is 0 Å². The monoisotopic (exact) mass is 612 g/mol. The highest BCUT2D eigenvalue weighted by molar-refractivity contribution is 7.26. The van der Waals surface area contributed by atoms with Crippen molar-refractivity contribution >= 4 is 74.6 Å². The van der Waals surface area contributed by atoms with Crippen LogP contribution in [0.25, 0.3) is 96.6 Å². The Balaban J connectivity index is 1.21. The first kappa shape index (κ1) is 26.5. The summed E-state index contributed by atoms with van der Waals surface area (Å²) in [5.74, 6) is 0. The molecule has 0 saturated carbocycles. The molecule has 0 aliphatic carbocycles. The summed E-state index contributed by atoms with van der Waals surface area (Å²) in [5.41, 5.74) is 7.67. The fraction of sp³-hybridized carbons (Fsp3) is 0. The lowest BCUT2D eigenvalue weighted by atomic mass is 9.86. The smallest absolute Gasteiger partial charge is 0.0434 e. The molecule has 9 aromatic carbocycles. The van der Waals surface area contributed by atoms with Crippen molar-refractivity contribution in [3.63, 3.8) is 0 Å². The van der Waals surface area contributed by atoms with E-state index in [2.05, 4.69) is 170 Å². The summed E-state index contributed by atoms with van der Waals surface area (Å²) < 4.78 is 2.66. The minimum atomic E-state index is 1.25. The molecule has 47 heavy (non-hydrogen) atoms. The molecule has 0 aliphatic heterocycles. The van der Waals surface area contributed by atoms with Gasteiger partial charge in [0.15, 0.2) is 0 Å². The Morgan fingerprint density at radius 1 is 0.298 bits per heavy atom. The maximum atomic E-state index is 2.39. The highest BCUT2D eigenvalue weighted by Gasteiger charge is 2.19. The van der Waals surface area contributed by atoms with Gasteiger partial charge in [0.05, 0.1) is 0 Å². The van der Waals surface area contributed by atoms with Gasteiger partial charge in [-0.2, -0.15) is 0 Å². The normalized spacial score (nSPS) is 11.8. The molecule has 1 aromatic heterocycles. The Morgan fingerprint density at radius 2 is 0.851 bits per heavy atom. The summed E-state index contributed by atoms with van der Waals surface area (Å²) >= 11 is 1.92. The van der Waals surface area contributed by atoms with Gasteiger partial charge in [-0.1, -0.05) is 158 Å². The third-order valence-electron chi connectivity index (χ3n) is 9.84. The summed E-state index contributed by atoms with van der Waals surface area (Å²) in [5, 5.41) is 13.0. The van der Waals surface area contributed by atoms with Crippen molar-refractivity contribution in [2.24, 2.45) is 0 Å². The molecule has 0 fully saturated rings. The zero-order valence-electron chi connectivity index (χ0n) is 25.6. The largest absolute Gasteiger partial charge is 0.135 e. The van der Waals surface area contributed by atoms with Gasteiger partial charge in [0.25, 0.3) is 0 Å². The third-order valence-corrected chi connectivity index (χ3v) is 11.0. The minimum Gasteiger partial charge on any atom is -0.135 e. The van der Waals surface area contributed by atoms with Crippen molar-refractivity contribution in [3.05, 3.63) is 170 Å². The Morgan fingerprint density at radius 3 is 1.60 bits per heavy atom. The van der Waals surface area contributed by atoms with E-state index < -0.39 is 0 Å². The van der Waals surface area contributed by atoms with Crippen molar-refractivity contribution in [2.45, 2.75) is 0 Å². The maximum absolute atomic E-state index is 2.39. The average Bonchev–Trinajstić information content (AvgIpc) is 3.52. The number of rotatable bonds is 3. The van der Waals surface area contributed by atoms with Crippen molar-refractivity contribution in [2.75, 3.05) is 0 Å². The molecule has 0 nitrogen and oxygen atoms in total. The van der Waals surface area contributed by atoms with Crippen LogP contribution in [-0.4, -0.2) is 0 Å². The summed E-state index contributed by atoms with van der Waals surface area (Å²) in [6.07, 6.45) is 0. The lowest BCUT2D eigenvalue weighted by Crippen LogP contribution is -1.90. The molecule has 218 valence electrons. The first-order valence-corrected chi connectivity index (χ1v) is 17.0. The second-order valence-corrected chi connectivity index (χ2v) is 13.5. The van der Waals surface area contributed by atoms with Crippen molar-refractivity contribution < 1.29 is 0 Å². The zero-order valence-corrected chi connectivity index (χ0v) is 26.4. The van der Waals surface area contributed by atoms with E-state index in [0.29, 0.717) is 0 Å². The van der Waals surface area contributed by atoms with E-state index >= 15 is 0 Å². The van der Waals surface area contributed by atoms with Gasteiger partial charge in [-0.15, -0.1) is 11.3 Å². The number of benzene rings is 9. The number of hydrogen-bond acceptors (Lipinski definition) is 1. The molecule has 0 amide bonds. The molecular weight excluding hydrogens is 585 g/mol.